The number of cyclic esters (lactones) is 1. The average Bonchev–Trinajstić information content (AvgIpc) is 3.02. The van der Waals surface area contributed by atoms with Gasteiger partial charge in [0.25, 0.3) is 0 Å². The predicted molar refractivity (Wildman–Crippen MR) is 55.8 cm³/mol. The third-order valence-electron chi connectivity index (χ3n) is 3.23. The summed E-state index contributed by atoms with van der Waals surface area (Å²) in [5.41, 5.74) is 0. The quantitative estimate of drug-likeness (QED) is 0.676. The number of hydrogen-bond donors (Lipinski definition) is 0. The van der Waals surface area contributed by atoms with Gasteiger partial charge in [0.05, 0.1) is 24.7 Å². The van der Waals surface area contributed by atoms with Crippen molar-refractivity contribution in [1.29, 1.82) is 0 Å². The molecule has 0 radical (unpaired) electrons. The summed E-state index contributed by atoms with van der Waals surface area (Å²) in [6.07, 6.45) is 0.933. The van der Waals surface area contributed by atoms with E-state index < -0.39 is 6.09 Å². The molecule has 1 unspecified atom stereocenters. The molecule has 5 heteroatoms. The van der Waals surface area contributed by atoms with Gasteiger partial charge in [-0.1, -0.05) is 13.8 Å². The predicted octanol–water partition coefficient (Wildman–Crippen LogP) is 1.17. The Kier molecular flexibility index (Phi) is 3.14. The van der Waals surface area contributed by atoms with Crippen LogP contribution in [0.15, 0.2) is 0 Å². The van der Waals surface area contributed by atoms with Gasteiger partial charge >= 0.3 is 6.09 Å². The second-order valence-electron chi connectivity index (χ2n) is 4.23. The number of carbonyl (C=O) groups excluding carboxylic acids is 2. The number of hydrogen-bond acceptors (Lipinski definition) is 4. The van der Waals surface area contributed by atoms with Gasteiger partial charge in [0.15, 0.2) is 0 Å². The van der Waals surface area contributed by atoms with Gasteiger partial charge in [-0.05, 0) is 12.8 Å². The van der Waals surface area contributed by atoms with Crippen molar-refractivity contribution in [3.8, 4) is 0 Å². The number of amides is 2. The highest BCUT2D eigenvalue weighted by Gasteiger charge is 2.45. The Labute approximate surface area is 94.7 Å². The summed E-state index contributed by atoms with van der Waals surface area (Å²) in [6, 6.07) is -0.104. The fourth-order valence-corrected chi connectivity index (χ4v) is 2.09. The first kappa shape index (κ1) is 11.4. The Morgan fingerprint density at radius 2 is 2.19 bits per heavy atom. The Balaban J connectivity index is 2.09. The van der Waals surface area contributed by atoms with E-state index in [2.05, 4.69) is 0 Å². The van der Waals surface area contributed by atoms with E-state index in [1.165, 1.54) is 4.90 Å². The molecule has 0 saturated carbocycles. The molecule has 0 bridgehead atoms. The Morgan fingerprint density at radius 1 is 1.50 bits per heavy atom. The van der Waals surface area contributed by atoms with E-state index in [4.69, 9.17) is 9.47 Å². The van der Waals surface area contributed by atoms with E-state index in [0.717, 1.165) is 6.42 Å². The summed E-state index contributed by atoms with van der Waals surface area (Å²) in [4.78, 5) is 24.9. The standard InChI is InChI=1S/C11H17NO4/c1-3-7-5-16-11(14)12(7)10(13)8(4-2)9-6-15-9/h7-9H,3-6H2,1-2H3/t7-,8+,9?/m0/s1. The van der Waals surface area contributed by atoms with Crippen LogP contribution in [0.1, 0.15) is 26.7 Å². The molecule has 0 aromatic heterocycles. The van der Waals surface area contributed by atoms with E-state index in [1.54, 1.807) is 0 Å². The summed E-state index contributed by atoms with van der Waals surface area (Å²) >= 11 is 0. The first-order chi connectivity index (χ1) is 7.69. The van der Waals surface area contributed by atoms with Gasteiger partial charge in [0.1, 0.15) is 6.61 Å². The molecule has 0 aliphatic carbocycles. The summed E-state index contributed by atoms with van der Waals surface area (Å²) < 4.78 is 10.1. The highest BCUT2D eigenvalue weighted by Crippen LogP contribution is 2.28. The van der Waals surface area contributed by atoms with E-state index in [0.29, 0.717) is 19.6 Å². The Morgan fingerprint density at radius 3 is 2.69 bits per heavy atom. The van der Waals surface area contributed by atoms with Gasteiger partial charge in [0, 0.05) is 0 Å². The zero-order valence-electron chi connectivity index (χ0n) is 9.64. The Bertz CT molecular complexity index is 300. The van der Waals surface area contributed by atoms with Crippen LogP contribution >= 0.6 is 0 Å². The van der Waals surface area contributed by atoms with Crippen LogP contribution in [-0.2, 0) is 14.3 Å². The number of carbonyl (C=O) groups is 2. The van der Waals surface area contributed by atoms with Crippen LogP contribution in [0.3, 0.4) is 0 Å². The maximum absolute atomic E-state index is 12.2. The average molecular weight is 227 g/mol. The third-order valence-corrected chi connectivity index (χ3v) is 3.23. The normalized spacial score (nSPS) is 30.1. The fraction of sp³-hybridized carbons (Fsp3) is 0.818. The number of rotatable bonds is 4. The summed E-state index contributed by atoms with van der Waals surface area (Å²) in [5.74, 6) is -0.334. The third kappa shape index (κ3) is 1.91. The Hall–Kier alpha value is -1.10. The molecule has 2 heterocycles. The van der Waals surface area contributed by atoms with Gasteiger partial charge in [-0.2, -0.15) is 0 Å². The van der Waals surface area contributed by atoms with Crippen molar-refractivity contribution in [1.82, 2.24) is 4.90 Å². The van der Waals surface area contributed by atoms with E-state index >= 15 is 0 Å². The fourth-order valence-electron chi connectivity index (χ4n) is 2.09. The lowest BCUT2D eigenvalue weighted by Gasteiger charge is -2.22. The molecule has 0 spiro atoms. The van der Waals surface area contributed by atoms with Gasteiger partial charge in [0.2, 0.25) is 5.91 Å². The lowest BCUT2D eigenvalue weighted by molar-refractivity contribution is -0.134. The van der Waals surface area contributed by atoms with Gasteiger partial charge in [-0.25, -0.2) is 9.69 Å². The van der Waals surface area contributed by atoms with Gasteiger partial charge in [-0.3, -0.25) is 4.79 Å². The molecule has 3 atom stereocenters. The first-order valence-electron chi connectivity index (χ1n) is 5.80. The zero-order valence-corrected chi connectivity index (χ0v) is 9.64. The first-order valence-corrected chi connectivity index (χ1v) is 5.80. The lowest BCUT2D eigenvalue weighted by Crippen LogP contribution is -2.43. The van der Waals surface area contributed by atoms with Crippen molar-refractivity contribution < 1.29 is 19.1 Å². The molecule has 0 aromatic rings. The minimum Gasteiger partial charge on any atom is -0.447 e. The van der Waals surface area contributed by atoms with Crippen LogP contribution in [-0.4, -0.2) is 42.3 Å². The maximum Gasteiger partial charge on any atom is 0.416 e. The molecule has 2 aliphatic heterocycles. The molecule has 2 saturated heterocycles. The van der Waals surface area contributed by atoms with Crippen molar-refractivity contribution in [3.05, 3.63) is 0 Å². The minimum absolute atomic E-state index is 0.00315. The number of nitrogens with zero attached hydrogens (tertiary/aromatic N) is 1. The van der Waals surface area contributed by atoms with Crippen LogP contribution in [0.25, 0.3) is 0 Å². The van der Waals surface area contributed by atoms with Crippen molar-refractivity contribution in [2.45, 2.75) is 38.8 Å². The monoisotopic (exact) mass is 227 g/mol. The highest BCUT2D eigenvalue weighted by molar-refractivity contribution is 5.95. The summed E-state index contributed by atoms with van der Waals surface area (Å²) in [6.45, 7) is 4.83. The molecule has 5 nitrogen and oxygen atoms in total. The number of ether oxygens (including phenoxy) is 2. The van der Waals surface area contributed by atoms with Crippen LogP contribution in [0.4, 0.5) is 4.79 Å². The van der Waals surface area contributed by atoms with E-state index in [-0.39, 0.29) is 24.0 Å². The minimum atomic E-state index is -0.504. The van der Waals surface area contributed by atoms with Crippen molar-refractivity contribution in [2.75, 3.05) is 13.2 Å². The molecule has 0 N–H and O–H groups in total. The molecule has 2 aliphatic rings. The highest BCUT2D eigenvalue weighted by atomic mass is 16.6. The van der Waals surface area contributed by atoms with Crippen molar-refractivity contribution in [3.63, 3.8) is 0 Å². The van der Waals surface area contributed by atoms with Gasteiger partial charge in [-0.15, -0.1) is 0 Å². The SMILES string of the molecule is CC[C@H]1COC(=O)N1C(=O)[C@H](CC)C1CO1. The second-order valence-corrected chi connectivity index (χ2v) is 4.23. The van der Waals surface area contributed by atoms with Crippen molar-refractivity contribution >= 4 is 12.0 Å². The van der Waals surface area contributed by atoms with Gasteiger partial charge < -0.3 is 9.47 Å². The molecule has 2 rings (SSSR count). The van der Waals surface area contributed by atoms with Crippen LogP contribution in [0.2, 0.25) is 0 Å². The zero-order chi connectivity index (χ0) is 11.7. The number of imide groups is 1. The molecule has 2 fully saturated rings. The molecule has 0 aromatic carbocycles. The molecular weight excluding hydrogens is 210 g/mol. The van der Waals surface area contributed by atoms with Crippen LogP contribution < -0.4 is 0 Å². The topological polar surface area (TPSA) is 59.1 Å². The lowest BCUT2D eigenvalue weighted by atomic mass is 10.0. The van der Waals surface area contributed by atoms with Crippen molar-refractivity contribution in [2.24, 2.45) is 5.92 Å². The number of epoxide rings is 1. The second kappa shape index (κ2) is 4.41. The summed E-state index contributed by atoms with van der Waals surface area (Å²) in [7, 11) is 0. The van der Waals surface area contributed by atoms with Crippen LogP contribution in [0, 0.1) is 5.92 Å². The maximum atomic E-state index is 12.2. The largest absolute Gasteiger partial charge is 0.447 e. The molecule has 16 heavy (non-hydrogen) atoms. The molecular formula is C11H17NO4. The van der Waals surface area contributed by atoms with E-state index in [1.807, 2.05) is 13.8 Å². The molecule has 2 amide bonds. The summed E-state index contributed by atoms with van der Waals surface area (Å²) in [5, 5.41) is 0. The molecule has 90 valence electrons. The smallest absolute Gasteiger partial charge is 0.416 e. The van der Waals surface area contributed by atoms with E-state index in [9.17, 15) is 9.59 Å². The van der Waals surface area contributed by atoms with Crippen LogP contribution in [0.5, 0.6) is 0 Å².